The lowest BCUT2D eigenvalue weighted by Gasteiger charge is -2.09. The van der Waals surface area contributed by atoms with Crippen molar-refractivity contribution >= 4 is 28.8 Å². The van der Waals surface area contributed by atoms with Gasteiger partial charge in [-0.05, 0) is 12.1 Å². The van der Waals surface area contributed by atoms with Crippen LogP contribution < -0.4 is 4.90 Å². The smallest absolute Gasteiger partial charge is 0.287 e. The fraction of sp³-hybridized carbons (Fsp3) is 0.167. The zero-order valence-corrected chi connectivity index (χ0v) is 12.5. The van der Waals surface area contributed by atoms with Crippen LogP contribution in [0.3, 0.4) is 0 Å². The van der Waals surface area contributed by atoms with Gasteiger partial charge < -0.3 is 4.90 Å². The Balaban J connectivity index is 0.000000224. The minimum Gasteiger partial charge on any atom is -0.363 e. The molecule has 0 atom stereocenters. The Hall–Kier alpha value is -2.81. The summed E-state index contributed by atoms with van der Waals surface area (Å²) in [6.45, 7) is 0. The molecule has 0 aliphatic carbocycles. The Morgan fingerprint density at radius 3 is 1.77 bits per heavy atom. The highest BCUT2D eigenvalue weighted by atomic mass is 35.5. The summed E-state index contributed by atoms with van der Waals surface area (Å²) < 4.78 is 0. The zero-order chi connectivity index (χ0) is 16.7. The third kappa shape index (κ3) is 5.29. The molecule has 0 N–H and O–H groups in total. The lowest BCUT2D eigenvalue weighted by Crippen LogP contribution is -2.10. The van der Waals surface area contributed by atoms with E-state index in [0.717, 1.165) is 6.20 Å². The summed E-state index contributed by atoms with van der Waals surface area (Å²) in [6.07, 6.45) is 2.36. The van der Waals surface area contributed by atoms with Crippen molar-refractivity contribution in [3.8, 4) is 0 Å². The first-order valence-corrected chi connectivity index (χ1v) is 6.22. The van der Waals surface area contributed by atoms with E-state index in [4.69, 9.17) is 11.6 Å². The summed E-state index contributed by atoms with van der Waals surface area (Å²) in [5, 5.41) is 20.5. The first-order valence-electron chi connectivity index (χ1n) is 5.85. The molecule has 22 heavy (non-hydrogen) atoms. The molecule has 0 amide bonds. The lowest BCUT2D eigenvalue weighted by atomic mass is 10.4. The molecule has 0 radical (unpaired) electrons. The number of pyridine rings is 2. The number of anilines is 1. The van der Waals surface area contributed by atoms with Gasteiger partial charge in [-0.3, -0.25) is 20.2 Å². The monoisotopic (exact) mass is 325 g/mol. The SMILES string of the molecule is CN(C)c1ccc([N+](=O)[O-])cn1.O=[N+]([O-])c1ccc(Cl)nc1. The van der Waals surface area contributed by atoms with Crippen LogP contribution in [0.4, 0.5) is 17.2 Å². The van der Waals surface area contributed by atoms with Gasteiger partial charge in [0, 0.05) is 26.2 Å². The highest BCUT2D eigenvalue weighted by Crippen LogP contribution is 2.13. The van der Waals surface area contributed by atoms with Gasteiger partial charge in [-0.2, -0.15) is 0 Å². The van der Waals surface area contributed by atoms with E-state index >= 15 is 0 Å². The van der Waals surface area contributed by atoms with Crippen molar-refractivity contribution in [1.29, 1.82) is 0 Å². The van der Waals surface area contributed by atoms with Crippen LogP contribution >= 0.6 is 11.6 Å². The number of hydrogen-bond acceptors (Lipinski definition) is 7. The number of nitrogens with zero attached hydrogens (tertiary/aromatic N) is 5. The van der Waals surface area contributed by atoms with Gasteiger partial charge in [0.15, 0.2) is 0 Å². The molecule has 0 fully saturated rings. The largest absolute Gasteiger partial charge is 0.363 e. The molecule has 2 rings (SSSR count). The van der Waals surface area contributed by atoms with Crippen LogP contribution in [-0.4, -0.2) is 33.9 Å². The maximum Gasteiger partial charge on any atom is 0.287 e. The maximum absolute atomic E-state index is 10.2. The van der Waals surface area contributed by atoms with Crippen LogP contribution in [0, 0.1) is 20.2 Å². The molecule has 0 spiro atoms. The molecule has 0 aliphatic heterocycles. The highest BCUT2D eigenvalue weighted by molar-refractivity contribution is 6.29. The molecular weight excluding hydrogens is 314 g/mol. The fourth-order valence-corrected chi connectivity index (χ4v) is 1.34. The molecule has 0 unspecified atom stereocenters. The predicted octanol–water partition coefficient (Wildman–Crippen LogP) is 2.70. The Morgan fingerprint density at radius 1 is 0.955 bits per heavy atom. The summed E-state index contributed by atoms with van der Waals surface area (Å²) >= 11 is 5.38. The molecule has 0 bridgehead atoms. The van der Waals surface area contributed by atoms with E-state index < -0.39 is 9.85 Å². The number of hydrogen-bond donors (Lipinski definition) is 0. The van der Waals surface area contributed by atoms with E-state index in [-0.39, 0.29) is 16.5 Å². The zero-order valence-electron chi connectivity index (χ0n) is 11.7. The van der Waals surface area contributed by atoms with Gasteiger partial charge in [0.25, 0.3) is 11.4 Å². The van der Waals surface area contributed by atoms with E-state index in [1.54, 1.807) is 11.0 Å². The van der Waals surface area contributed by atoms with Crippen LogP contribution in [0.15, 0.2) is 36.7 Å². The van der Waals surface area contributed by atoms with Crippen LogP contribution in [0.5, 0.6) is 0 Å². The molecule has 0 aromatic carbocycles. The third-order valence-corrected chi connectivity index (χ3v) is 2.55. The van der Waals surface area contributed by atoms with Gasteiger partial charge in [-0.15, -0.1) is 0 Å². The quantitative estimate of drug-likeness (QED) is 0.484. The number of aromatic nitrogens is 2. The standard InChI is InChI=1S/C7H9N3O2.C5H3ClN2O2/c1-9(2)7-4-3-6(5-8-7)10(11)12;6-5-2-1-4(3-7-5)8(9)10/h3-5H,1-2H3;1-3H. The maximum atomic E-state index is 10.2. The van der Waals surface area contributed by atoms with E-state index in [2.05, 4.69) is 9.97 Å². The first kappa shape index (κ1) is 17.2. The van der Waals surface area contributed by atoms with E-state index in [0.29, 0.717) is 5.82 Å². The second-order valence-corrected chi connectivity index (χ2v) is 4.51. The van der Waals surface area contributed by atoms with Crippen LogP contribution in [0.25, 0.3) is 0 Å². The second kappa shape index (κ2) is 7.84. The molecule has 116 valence electrons. The van der Waals surface area contributed by atoms with Crippen molar-refractivity contribution in [2.75, 3.05) is 19.0 Å². The Morgan fingerprint density at radius 2 is 1.45 bits per heavy atom. The van der Waals surface area contributed by atoms with Gasteiger partial charge >= 0.3 is 0 Å². The van der Waals surface area contributed by atoms with Crippen molar-refractivity contribution in [3.63, 3.8) is 0 Å². The molecule has 2 aromatic rings. The lowest BCUT2D eigenvalue weighted by molar-refractivity contribution is -0.385. The summed E-state index contributed by atoms with van der Waals surface area (Å²) in [7, 11) is 3.66. The Labute approximate surface area is 130 Å². The second-order valence-electron chi connectivity index (χ2n) is 4.12. The van der Waals surface area contributed by atoms with Crippen molar-refractivity contribution in [1.82, 2.24) is 9.97 Å². The van der Waals surface area contributed by atoms with Gasteiger partial charge in [0.2, 0.25) is 0 Å². The minimum absolute atomic E-state index is 0.0144. The number of rotatable bonds is 3. The van der Waals surface area contributed by atoms with Crippen molar-refractivity contribution < 1.29 is 9.85 Å². The molecular formula is C12H12ClN5O4. The van der Waals surface area contributed by atoms with Crippen molar-refractivity contribution in [2.45, 2.75) is 0 Å². The van der Waals surface area contributed by atoms with Crippen LogP contribution in [-0.2, 0) is 0 Å². The number of nitro groups is 2. The molecule has 0 saturated heterocycles. The molecule has 9 nitrogen and oxygen atoms in total. The molecule has 0 aliphatic rings. The molecule has 0 saturated carbocycles. The van der Waals surface area contributed by atoms with Gasteiger partial charge in [0.1, 0.15) is 23.4 Å². The summed E-state index contributed by atoms with van der Waals surface area (Å²) in [5.41, 5.74) is -0.0370. The topological polar surface area (TPSA) is 115 Å². The highest BCUT2D eigenvalue weighted by Gasteiger charge is 2.05. The number of halogens is 1. The Kier molecular flexibility index (Phi) is 6.14. The third-order valence-electron chi connectivity index (χ3n) is 2.32. The molecule has 10 heteroatoms. The van der Waals surface area contributed by atoms with Crippen molar-refractivity contribution in [3.05, 3.63) is 62.0 Å². The fourth-order valence-electron chi connectivity index (χ4n) is 1.23. The Bertz CT molecular complexity index is 646. The molecule has 2 aromatic heterocycles. The average molecular weight is 326 g/mol. The van der Waals surface area contributed by atoms with E-state index in [1.165, 1.54) is 24.4 Å². The first-order chi connectivity index (χ1) is 10.3. The normalized spacial score (nSPS) is 9.41. The van der Waals surface area contributed by atoms with Gasteiger partial charge in [-0.25, -0.2) is 9.97 Å². The van der Waals surface area contributed by atoms with Crippen LogP contribution in [0.1, 0.15) is 0 Å². The van der Waals surface area contributed by atoms with Gasteiger partial charge in [-0.1, -0.05) is 11.6 Å². The van der Waals surface area contributed by atoms with E-state index in [9.17, 15) is 20.2 Å². The summed E-state index contributed by atoms with van der Waals surface area (Å²) in [5.74, 6) is 0.709. The molecule has 2 heterocycles. The average Bonchev–Trinajstić information content (AvgIpc) is 2.48. The van der Waals surface area contributed by atoms with E-state index in [1.807, 2.05) is 14.1 Å². The van der Waals surface area contributed by atoms with Crippen molar-refractivity contribution in [2.24, 2.45) is 0 Å². The van der Waals surface area contributed by atoms with Crippen LogP contribution in [0.2, 0.25) is 5.15 Å². The summed E-state index contributed by atoms with van der Waals surface area (Å²) in [4.78, 5) is 28.5. The summed E-state index contributed by atoms with van der Waals surface area (Å²) in [6, 6.07) is 5.72. The van der Waals surface area contributed by atoms with Gasteiger partial charge in [0.05, 0.1) is 9.85 Å². The predicted molar refractivity (Wildman–Crippen MR) is 81.1 cm³/mol. The minimum atomic E-state index is -0.524.